The number of carbonyl (C=O) groups is 1. The fraction of sp³-hybridized carbons (Fsp3) is 0.364. The number of sulfonamides is 1. The number of carbonyl (C=O) groups excluding carboxylic acids is 1. The number of alkyl halides is 1. The summed E-state index contributed by atoms with van der Waals surface area (Å²) in [6.45, 7) is 1.64. The molecule has 0 saturated carbocycles. The summed E-state index contributed by atoms with van der Waals surface area (Å²) < 4.78 is 22.6. The molecule has 1 amide bonds. The van der Waals surface area contributed by atoms with Crippen LogP contribution in [-0.4, -0.2) is 20.2 Å². The maximum Gasteiger partial charge on any atom is 0.238 e. The molecule has 100 valence electrons. The van der Waals surface area contributed by atoms with Crippen molar-refractivity contribution >= 4 is 33.2 Å². The quantitative estimate of drug-likeness (QED) is 0.807. The van der Waals surface area contributed by atoms with E-state index in [1.807, 2.05) is 0 Å². The highest BCUT2D eigenvalue weighted by Crippen LogP contribution is 2.19. The van der Waals surface area contributed by atoms with Crippen LogP contribution in [0.25, 0.3) is 0 Å². The Balaban J connectivity index is 2.90. The second-order valence-electron chi connectivity index (χ2n) is 3.87. The van der Waals surface area contributed by atoms with Crippen molar-refractivity contribution in [1.29, 1.82) is 0 Å². The van der Waals surface area contributed by atoms with E-state index >= 15 is 0 Å². The first-order valence-corrected chi connectivity index (χ1v) is 7.42. The minimum atomic E-state index is -3.78. The zero-order valence-corrected chi connectivity index (χ0v) is 11.5. The smallest absolute Gasteiger partial charge is 0.238 e. The molecule has 3 N–H and O–H groups in total. The number of anilines is 1. The van der Waals surface area contributed by atoms with Gasteiger partial charge in [0.15, 0.2) is 0 Å². The molecule has 0 bridgehead atoms. The topological polar surface area (TPSA) is 89.3 Å². The zero-order valence-electron chi connectivity index (χ0n) is 9.94. The van der Waals surface area contributed by atoms with Gasteiger partial charge in [0.1, 0.15) is 0 Å². The lowest BCUT2D eigenvalue weighted by atomic mass is 10.2. The molecule has 0 radical (unpaired) electrons. The Labute approximate surface area is 111 Å². The third-order valence-corrected chi connectivity index (χ3v) is 3.64. The van der Waals surface area contributed by atoms with Gasteiger partial charge in [-0.2, -0.15) is 0 Å². The van der Waals surface area contributed by atoms with E-state index in [1.165, 1.54) is 6.07 Å². The summed E-state index contributed by atoms with van der Waals surface area (Å²) in [6.07, 6.45) is 0.864. The van der Waals surface area contributed by atoms with Crippen molar-refractivity contribution in [3.05, 3.63) is 23.8 Å². The predicted molar refractivity (Wildman–Crippen MR) is 71.1 cm³/mol. The van der Waals surface area contributed by atoms with Gasteiger partial charge in [-0.15, -0.1) is 11.6 Å². The summed E-state index contributed by atoms with van der Waals surface area (Å²) in [5.41, 5.74) is 0.945. The van der Waals surface area contributed by atoms with Crippen LogP contribution in [0.4, 0.5) is 5.69 Å². The number of hydrogen-bond donors (Lipinski definition) is 2. The van der Waals surface area contributed by atoms with E-state index in [-0.39, 0.29) is 10.8 Å². The Morgan fingerprint density at radius 2 is 2.11 bits per heavy atom. The Hall–Kier alpha value is -1.11. The zero-order chi connectivity index (χ0) is 13.8. The number of benzene rings is 1. The molecular weight excluding hydrogens is 276 g/mol. The van der Waals surface area contributed by atoms with Gasteiger partial charge in [-0.25, -0.2) is 13.6 Å². The van der Waals surface area contributed by atoms with E-state index in [2.05, 4.69) is 5.32 Å². The molecule has 7 heteroatoms. The molecule has 0 spiro atoms. The fourth-order valence-electron chi connectivity index (χ4n) is 1.44. The number of nitrogens with one attached hydrogen (secondary N) is 1. The van der Waals surface area contributed by atoms with E-state index in [0.29, 0.717) is 30.0 Å². The molecule has 0 saturated heterocycles. The Morgan fingerprint density at radius 1 is 1.44 bits per heavy atom. The van der Waals surface area contributed by atoms with Crippen molar-refractivity contribution in [3.8, 4) is 0 Å². The lowest BCUT2D eigenvalue weighted by molar-refractivity contribution is -0.116. The highest BCUT2D eigenvalue weighted by atomic mass is 35.5. The van der Waals surface area contributed by atoms with Crippen LogP contribution in [0, 0.1) is 6.92 Å². The molecule has 0 fully saturated rings. The van der Waals surface area contributed by atoms with Crippen LogP contribution < -0.4 is 10.5 Å². The molecule has 0 aliphatic heterocycles. The summed E-state index contributed by atoms with van der Waals surface area (Å²) in [5.74, 6) is 0.198. The Morgan fingerprint density at radius 3 is 2.67 bits per heavy atom. The largest absolute Gasteiger partial charge is 0.326 e. The van der Waals surface area contributed by atoms with Crippen LogP contribution in [0.15, 0.2) is 23.1 Å². The monoisotopic (exact) mass is 290 g/mol. The molecule has 1 aromatic rings. The van der Waals surface area contributed by atoms with Gasteiger partial charge < -0.3 is 5.32 Å². The lowest BCUT2D eigenvalue weighted by Crippen LogP contribution is -2.15. The standard InChI is InChI=1S/C11H15ClN2O3S/c1-8-4-5-9(7-10(8)18(13,16)17)14-11(15)3-2-6-12/h4-5,7H,2-3,6H2,1H3,(H,14,15)(H2,13,16,17). The second-order valence-corrected chi connectivity index (χ2v) is 5.77. The van der Waals surface area contributed by atoms with Gasteiger partial charge in [0, 0.05) is 18.0 Å². The van der Waals surface area contributed by atoms with Crippen molar-refractivity contribution in [1.82, 2.24) is 0 Å². The van der Waals surface area contributed by atoms with Crippen molar-refractivity contribution < 1.29 is 13.2 Å². The fourth-order valence-corrected chi connectivity index (χ4v) is 2.38. The highest BCUT2D eigenvalue weighted by Gasteiger charge is 2.12. The van der Waals surface area contributed by atoms with Gasteiger partial charge in [0.05, 0.1) is 4.90 Å². The van der Waals surface area contributed by atoms with Crippen LogP contribution in [0.2, 0.25) is 0 Å². The van der Waals surface area contributed by atoms with Crippen molar-refractivity contribution in [2.24, 2.45) is 5.14 Å². The number of primary sulfonamides is 1. The Kier molecular flexibility index (Phi) is 5.13. The molecule has 1 aromatic carbocycles. The lowest BCUT2D eigenvalue weighted by Gasteiger charge is -2.08. The molecule has 1 rings (SSSR count). The Bertz CT molecular complexity index is 543. The van der Waals surface area contributed by atoms with Crippen LogP contribution >= 0.6 is 11.6 Å². The minimum Gasteiger partial charge on any atom is -0.326 e. The number of halogens is 1. The molecule has 0 aromatic heterocycles. The van der Waals surface area contributed by atoms with Crippen LogP contribution in [0.1, 0.15) is 18.4 Å². The average molecular weight is 291 g/mol. The molecule has 18 heavy (non-hydrogen) atoms. The summed E-state index contributed by atoms with van der Waals surface area (Å²) in [6, 6.07) is 4.57. The van der Waals surface area contributed by atoms with E-state index in [1.54, 1.807) is 19.1 Å². The SMILES string of the molecule is Cc1ccc(NC(=O)CCCCl)cc1S(N)(=O)=O. The summed E-state index contributed by atoms with van der Waals surface area (Å²) in [4.78, 5) is 11.5. The second kappa shape index (κ2) is 6.17. The van der Waals surface area contributed by atoms with Crippen LogP contribution in [0.5, 0.6) is 0 Å². The van der Waals surface area contributed by atoms with E-state index in [4.69, 9.17) is 16.7 Å². The maximum absolute atomic E-state index is 11.5. The first-order chi connectivity index (χ1) is 8.34. The maximum atomic E-state index is 11.5. The summed E-state index contributed by atoms with van der Waals surface area (Å²) in [5, 5.41) is 7.68. The van der Waals surface area contributed by atoms with Gasteiger partial charge >= 0.3 is 0 Å². The van der Waals surface area contributed by atoms with Crippen LogP contribution in [0.3, 0.4) is 0 Å². The van der Waals surface area contributed by atoms with Crippen molar-refractivity contribution in [2.45, 2.75) is 24.7 Å². The molecule has 0 aliphatic rings. The number of nitrogens with two attached hydrogens (primary N) is 1. The predicted octanol–water partition coefficient (Wildman–Crippen LogP) is 1.60. The number of rotatable bonds is 5. The molecular formula is C11H15ClN2O3S. The minimum absolute atomic E-state index is 0.0117. The first kappa shape index (κ1) is 14.9. The summed E-state index contributed by atoms with van der Waals surface area (Å²) >= 11 is 5.48. The average Bonchev–Trinajstić information content (AvgIpc) is 2.27. The number of hydrogen-bond acceptors (Lipinski definition) is 3. The third kappa shape index (κ3) is 4.29. The first-order valence-electron chi connectivity index (χ1n) is 5.34. The molecule has 5 nitrogen and oxygen atoms in total. The van der Waals surface area contributed by atoms with E-state index in [0.717, 1.165) is 0 Å². The highest BCUT2D eigenvalue weighted by molar-refractivity contribution is 7.89. The number of aryl methyl sites for hydroxylation is 1. The third-order valence-electron chi connectivity index (χ3n) is 2.32. The molecule has 0 atom stereocenters. The normalized spacial score (nSPS) is 11.3. The van der Waals surface area contributed by atoms with E-state index < -0.39 is 10.0 Å². The molecule has 0 unspecified atom stereocenters. The van der Waals surface area contributed by atoms with Gasteiger partial charge in [-0.3, -0.25) is 4.79 Å². The number of amides is 1. The van der Waals surface area contributed by atoms with Gasteiger partial charge in [-0.1, -0.05) is 6.07 Å². The van der Waals surface area contributed by atoms with Gasteiger partial charge in [-0.05, 0) is 31.0 Å². The van der Waals surface area contributed by atoms with E-state index in [9.17, 15) is 13.2 Å². The van der Waals surface area contributed by atoms with Gasteiger partial charge in [0.2, 0.25) is 15.9 Å². The van der Waals surface area contributed by atoms with Crippen molar-refractivity contribution in [3.63, 3.8) is 0 Å². The molecule has 0 aliphatic carbocycles. The van der Waals surface area contributed by atoms with Gasteiger partial charge in [0.25, 0.3) is 0 Å². The van der Waals surface area contributed by atoms with Crippen LogP contribution in [-0.2, 0) is 14.8 Å². The molecule has 0 heterocycles. The van der Waals surface area contributed by atoms with Crippen molar-refractivity contribution in [2.75, 3.05) is 11.2 Å². The summed E-state index contributed by atoms with van der Waals surface area (Å²) in [7, 11) is -3.78.